The normalized spacial score (nSPS) is 23.5. The fraction of sp³-hybridized carbons (Fsp3) is 0.591. The molecule has 1 saturated heterocycles. The van der Waals surface area contributed by atoms with Gasteiger partial charge in [0.05, 0.1) is 12.5 Å². The van der Waals surface area contributed by atoms with Crippen LogP contribution in [0.5, 0.6) is 0 Å². The van der Waals surface area contributed by atoms with Gasteiger partial charge in [0.15, 0.2) is 0 Å². The SMILES string of the molecule is CCOC(=O)[C@H]1CC[C@H](c2nnc(-c3ccc(C4CCNCC4)cc3)s2)CC1. The quantitative estimate of drug-likeness (QED) is 0.750. The predicted molar refractivity (Wildman–Crippen MR) is 112 cm³/mol. The van der Waals surface area contributed by atoms with Gasteiger partial charge in [-0.05, 0) is 70.0 Å². The van der Waals surface area contributed by atoms with Crippen molar-refractivity contribution < 1.29 is 9.53 Å². The number of carbonyl (C=O) groups is 1. The molecule has 0 radical (unpaired) electrons. The van der Waals surface area contributed by atoms with Crippen molar-refractivity contribution in [1.82, 2.24) is 15.5 Å². The molecule has 0 atom stereocenters. The van der Waals surface area contributed by atoms with Crippen molar-refractivity contribution in [1.29, 1.82) is 0 Å². The minimum Gasteiger partial charge on any atom is -0.466 e. The molecule has 2 fully saturated rings. The third-order valence-electron chi connectivity index (χ3n) is 6.11. The molecule has 1 aliphatic carbocycles. The van der Waals surface area contributed by atoms with E-state index in [4.69, 9.17) is 4.74 Å². The summed E-state index contributed by atoms with van der Waals surface area (Å²) in [5.74, 6) is 1.12. The number of benzene rings is 1. The number of esters is 1. The summed E-state index contributed by atoms with van der Waals surface area (Å²) in [4.78, 5) is 11.9. The van der Waals surface area contributed by atoms with Gasteiger partial charge in [0.25, 0.3) is 0 Å². The van der Waals surface area contributed by atoms with Crippen molar-refractivity contribution in [3.05, 3.63) is 34.8 Å². The lowest BCUT2D eigenvalue weighted by atomic mass is 9.82. The molecule has 28 heavy (non-hydrogen) atoms. The van der Waals surface area contributed by atoms with Crippen LogP contribution in [0.25, 0.3) is 10.6 Å². The van der Waals surface area contributed by atoms with E-state index in [2.05, 4.69) is 39.8 Å². The number of carbonyl (C=O) groups excluding carboxylic acids is 1. The maximum absolute atomic E-state index is 11.9. The fourth-order valence-corrected chi connectivity index (χ4v) is 5.42. The number of aromatic nitrogens is 2. The highest BCUT2D eigenvalue weighted by atomic mass is 32.1. The van der Waals surface area contributed by atoms with Crippen molar-refractivity contribution in [3.63, 3.8) is 0 Å². The Morgan fingerprint density at radius 2 is 1.75 bits per heavy atom. The Hall–Kier alpha value is -1.79. The van der Waals surface area contributed by atoms with Gasteiger partial charge >= 0.3 is 5.97 Å². The summed E-state index contributed by atoms with van der Waals surface area (Å²) in [6.07, 6.45) is 6.21. The molecule has 1 N–H and O–H groups in total. The second kappa shape index (κ2) is 9.14. The van der Waals surface area contributed by atoms with E-state index in [1.54, 1.807) is 11.3 Å². The minimum absolute atomic E-state index is 0.0345. The van der Waals surface area contributed by atoms with Crippen LogP contribution in [0.15, 0.2) is 24.3 Å². The summed E-state index contributed by atoms with van der Waals surface area (Å²) in [7, 11) is 0. The summed E-state index contributed by atoms with van der Waals surface area (Å²) in [6, 6.07) is 8.91. The Balaban J connectivity index is 1.37. The topological polar surface area (TPSA) is 64.1 Å². The lowest BCUT2D eigenvalue weighted by molar-refractivity contribution is -0.149. The molecule has 2 aromatic rings. The molecule has 0 bridgehead atoms. The first-order chi connectivity index (χ1) is 13.7. The van der Waals surface area contributed by atoms with Crippen LogP contribution in [-0.4, -0.2) is 35.9 Å². The Bertz CT molecular complexity index is 775. The van der Waals surface area contributed by atoms with E-state index in [1.807, 2.05) is 6.92 Å². The standard InChI is InChI=1S/C22H29N3O2S/c1-2-27-22(26)19-9-7-18(8-10-19)21-25-24-20(28-21)17-5-3-15(4-6-17)16-11-13-23-14-12-16/h3-6,16,18-19,23H,2,7-14H2,1H3/t18-,19-. The van der Waals surface area contributed by atoms with E-state index in [9.17, 15) is 4.79 Å². The van der Waals surface area contributed by atoms with E-state index >= 15 is 0 Å². The zero-order chi connectivity index (χ0) is 19.3. The summed E-state index contributed by atoms with van der Waals surface area (Å²) >= 11 is 1.71. The van der Waals surface area contributed by atoms with Crippen molar-refractivity contribution in [2.24, 2.45) is 5.92 Å². The lowest BCUT2D eigenvalue weighted by Crippen LogP contribution is -2.26. The third-order valence-corrected chi connectivity index (χ3v) is 7.24. The summed E-state index contributed by atoms with van der Waals surface area (Å²) in [6.45, 7) is 4.56. The number of piperidine rings is 1. The Labute approximate surface area is 170 Å². The van der Waals surface area contributed by atoms with Crippen LogP contribution in [0.2, 0.25) is 0 Å². The largest absolute Gasteiger partial charge is 0.466 e. The molecule has 2 aliphatic rings. The van der Waals surface area contributed by atoms with E-state index in [-0.39, 0.29) is 11.9 Å². The van der Waals surface area contributed by atoms with Crippen LogP contribution in [0.4, 0.5) is 0 Å². The van der Waals surface area contributed by atoms with E-state index in [0.29, 0.717) is 18.4 Å². The van der Waals surface area contributed by atoms with Crippen LogP contribution < -0.4 is 5.32 Å². The first-order valence-electron chi connectivity index (χ1n) is 10.6. The van der Waals surface area contributed by atoms with Crippen LogP contribution in [-0.2, 0) is 9.53 Å². The smallest absolute Gasteiger partial charge is 0.308 e. The van der Waals surface area contributed by atoms with Crippen LogP contribution in [0.3, 0.4) is 0 Å². The molecule has 1 aliphatic heterocycles. The van der Waals surface area contributed by atoms with Gasteiger partial charge in [0, 0.05) is 11.5 Å². The molecule has 6 heteroatoms. The number of ether oxygens (including phenoxy) is 1. The molecule has 4 rings (SSSR count). The number of hydrogen-bond acceptors (Lipinski definition) is 6. The number of nitrogens with zero attached hydrogens (tertiary/aromatic N) is 2. The van der Waals surface area contributed by atoms with Crippen LogP contribution in [0.1, 0.15) is 67.9 Å². The van der Waals surface area contributed by atoms with Gasteiger partial charge in [0.2, 0.25) is 0 Å². The third kappa shape index (κ3) is 4.44. The first-order valence-corrected chi connectivity index (χ1v) is 11.4. The molecule has 1 saturated carbocycles. The molecule has 0 spiro atoms. The molecule has 0 amide bonds. The van der Waals surface area contributed by atoms with Gasteiger partial charge in [-0.25, -0.2) is 0 Å². The Morgan fingerprint density at radius 3 is 2.43 bits per heavy atom. The zero-order valence-electron chi connectivity index (χ0n) is 16.5. The van der Waals surface area contributed by atoms with E-state index < -0.39 is 0 Å². The van der Waals surface area contributed by atoms with Crippen molar-refractivity contribution in [3.8, 4) is 10.6 Å². The highest BCUT2D eigenvalue weighted by molar-refractivity contribution is 7.14. The molecule has 2 heterocycles. The molecule has 0 unspecified atom stereocenters. The second-order valence-corrected chi connectivity index (χ2v) is 8.90. The van der Waals surface area contributed by atoms with Crippen molar-refractivity contribution >= 4 is 17.3 Å². The average Bonchev–Trinajstić information content (AvgIpc) is 3.25. The summed E-state index contributed by atoms with van der Waals surface area (Å²) in [5.41, 5.74) is 2.59. The molecule has 1 aromatic carbocycles. The second-order valence-electron chi connectivity index (χ2n) is 7.89. The van der Waals surface area contributed by atoms with Gasteiger partial charge in [-0.1, -0.05) is 35.6 Å². The number of hydrogen-bond donors (Lipinski definition) is 1. The number of rotatable bonds is 5. The highest BCUT2D eigenvalue weighted by Crippen LogP contribution is 2.39. The van der Waals surface area contributed by atoms with Gasteiger partial charge in [0.1, 0.15) is 10.0 Å². The van der Waals surface area contributed by atoms with Crippen molar-refractivity contribution in [2.45, 2.75) is 57.3 Å². The molecule has 5 nitrogen and oxygen atoms in total. The van der Waals surface area contributed by atoms with E-state index in [0.717, 1.165) is 54.4 Å². The molecule has 150 valence electrons. The molecular weight excluding hydrogens is 370 g/mol. The van der Waals surface area contributed by atoms with Gasteiger partial charge in [-0.2, -0.15) is 0 Å². The summed E-state index contributed by atoms with van der Waals surface area (Å²) in [5, 5.41) is 14.5. The highest BCUT2D eigenvalue weighted by Gasteiger charge is 2.29. The number of nitrogens with one attached hydrogen (secondary N) is 1. The monoisotopic (exact) mass is 399 g/mol. The zero-order valence-corrected chi connectivity index (χ0v) is 17.3. The first kappa shape index (κ1) is 19.5. The minimum atomic E-state index is -0.0345. The summed E-state index contributed by atoms with van der Waals surface area (Å²) < 4.78 is 5.17. The molecule has 1 aromatic heterocycles. The Kier molecular flexibility index (Phi) is 6.37. The average molecular weight is 400 g/mol. The van der Waals surface area contributed by atoms with Crippen molar-refractivity contribution in [2.75, 3.05) is 19.7 Å². The van der Waals surface area contributed by atoms with Crippen LogP contribution in [0, 0.1) is 5.92 Å². The van der Waals surface area contributed by atoms with Gasteiger partial charge < -0.3 is 10.1 Å². The lowest BCUT2D eigenvalue weighted by Gasteiger charge is -2.25. The van der Waals surface area contributed by atoms with E-state index in [1.165, 1.54) is 18.4 Å². The van der Waals surface area contributed by atoms with Gasteiger partial charge in [-0.15, -0.1) is 10.2 Å². The maximum atomic E-state index is 11.9. The Morgan fingerprint density at radius 1 is 1.04 bits per heavy atom. The van der Waals surface area contributed by atoms with Gasteiger partial charge in [-0.3, -0.25) is 4.79 Å². The fourth-order valence-electron chi connectivity index (χ4n) is 4.41. The van der Waals surface area contributed by atoms with Crippen LogP contribution >= 0.6 is 11.3 Å². The maximum Gasteiger partial charge on any atom is 0.308 e. The predicted octanol–water partition coefficient (Wildman–Crippen LogP) is 4.51. The molecular formula is C22H29N3O2S.